The summed E-state index contributed by atoms with van der Waals surface area (Å²) in [5, 5.41) is 3.27. The van der Waals surface area contributed by atoms with Crippen molar-refractivity contribution in [1.29, 1.82) is 0 Å². The third kappa shape index (κ3) is 1.66. The molecule has 0 aliphatic heterocycles. The number of rotatable bonds is 1. The van der Waals surface area contributed by atoms with Crippen LogP contribution in [0.25, 0.3) is 10.8 Å². The van der Waals surface area contributed by atoms with E-state index in [1.54, 1.807) is 13.2 Å². The van der Waals surface area contributed by atoms with E-state index in [0.717, 1.165) is 16.5 Å². The Hall–Kier alpha value is -0.920. The Morgan fingerprint density at radius 3 is 2.57 bits per heavy atom. The lowest BCUT2D eigenvalue weighted by atomic mass is 10.1. The van der Waals surface area contributed by atoms with Crippen molar-refractivity contribution >= 4 is 34.0 Å². The van der Waals surface area contributed by atoms with E-state index in [9.17, 15) is 0 Å². The predicted molar refractivity (Wildman–Crippen MR) is 60.5 cm³/mol. The molecule has 0 saturated carbocycles. The first-order valence-electron chi connectivity index (χ1n) is 4.13. The zero-order chi connectivity index (χ0) is 10.1. The molecule has 0 heterocycles. The molecule has 0 N–H and O–H groups in total. The van der Waals surface area contributed by atoms with Gasteiger partial charge in [0.1, 0.15) is 5.75 Å². The topological polar surface area (TPSA) is 9.23 Å². The largest absolute Gasteiger partial charge is 0.497 e. The molecule has 0 saturated heterocycles. The maximum Gasteiger partial charge on any atom is 0.119 e. The Morgan fingerprint density at radius 1 is 1.07 bits per heavy atom. The van der Waals surface area contributed by atoms with Gasteiger partial charge in [0.25, 0.3) is 0 Å². The van der Waals surface area contributed by atoms with Gasteiger partial charge in [-0.3, -0.25) is 0 Å². The maximum atomic E-state index is 6.03. The van der Waals surface area contributed by atoms with Gasteiger partial charge in [-0.25, -0.2) is 0 Å². The molecule has 0 spiro atoms. The molecule has 14 heavy (non-hydrogen) atoms. The fraction of sp³-hybridized carbons (Fsp3) is 0.0909. The maximum absolute atomic E-state index is 6.03. The summed E-state index contributed by atoms with van der Waals surface area (Å²) >= 11 is 11.9. The average Bonchev–Trinajstić information content (AvgIpc) is 2.16. The molecule has 0 aliphatic rings. The van der Waals surface area contributed by atoms with Crippen LogP contribution in [0.15, 0.2) is 30.3 Å². The van der Waals surface area contributed by atoms with Gasteiger partial charge in [0.05, 0.1) is 7.11 Å². The zero-order valence-corrected chi connectivity index (χ0v) is 9.06. The van der Waals surface area contributed by atoms with E-state index in [1.807, 2.05) is 24.3 Å². The van der Waals surface area contributed by atoms with Crippen molar-refractivity contribution in [1.82, 2.24) is 0 Å². The number of methoxy groups -OCH3 is 1. The first-order chi connectivity index (χ1) is 6.70. The van der Waals surface area contributed by atoms with Crippen LogP contribution in [0, 0.1) is 0 Å². The molecular formula is C11H8Cl2O. The fourth-order valence-electron chi connectivity index (χ4n) is 1.39. The quantitative estimate of drug-likeness (QED) is 0.710. The highest BCUT2D eigenvalue weighted by atomic mass is 35.5. The number of halogens is 2. The molecule has 0 atom stereocenters. The number of hydrogen-bond donors (Lipinski definition) is 0. The zero-order valence-electron chi connectivity index (χ0n) is 7.55. The van der Waals surface area contributed by atoms with Crippen molar-refractivity contribution in [2.45, 2.75) is 0 Å². The molecule has 2 aromatic rings. The Morgan fingerprint density at radius 2 is 1.86 bits per heavy atom. The minimum absolute atomic E-state index is 0.635. The number of benzene rings is 2. The molecule has 0 radical (unpaired) electrons. The van der Waals surface area contributed by atoms with Gasteiger partial charge in [-0.05, 0) is 35.7 Å². The van der Waals surface area contributed by atoms with Gasteiger partial charge in [-0.2, -0.15) is 0 Å². The van der Waals surface area contributed by atoms with Crippen LogP contribution in [0.3, 0.4) is 0 Å². The van der Waals surface area contributed by atoms with Crippen molar-refractivity contribution in [2.24, 2.45) is 0 Å². The van der Waals surface area contributed by atoms with E-state index >= 15 is 0 Å². The summed E-state index contributed by atoms with van der Waals surface area (Å²) in [4.78, 5) is 0. The Labute approximate surface area is 92.2 Å². The Bertz CT molecular complexity index is 480. The van der Waals surface area contributed by atoms with Crippen LogP contribution in [0.2, 0.25) is 10.0 Å². The third-order valence-corrected chi connectivity index (χ3v) is 2.60. The van der Waals surface area contributed by atoms with Crippen molar-refractivity contribution < 1.29 is 4.74 Å². The molecule has 1 nitrogen and oxygen atoms in total. The number of fused-ring (bicyclic) bond motifs is 1. The molecule has 0 bridgehead atoms. The minimum atomic E-state index is 0.635. The average molecular weight is 227 g/mol. The van der Waals surface area contributed by atoms with E-state index in [-0.39, 0.29) is 0 Å². The molecule has 2 aromatic carbocycles. The van der Waals surface area contributed by atoms with Crippen LogP contribution in [-0.4, -0.2) is 7.11 Å². The number of hydrogen-bond acceptors (Lipinski definition) is 1. The van der Waals surface area contributed by atoms with Crippen LogP contribution in [0.5, 0.6) is 5.75 Å². The highest BCUT2D eigenvalue weighted by molar-refractivity contribution is 6.38. The van der Waals surface area contributed by atoms with Gasteiger partial charge in [0.2, 0.25) is 0 Å². The second-order valence-corrected chi connectivity index (χ2v) is 3.82. The molecule has 0 fully saturated rings. The molecule has 0 aliphatic carbocycles. The molecule has 2 rings (SSSR count). The lowest BCUT2D eigenvalue weighted by molar-refractivity contribution is 0.415. The van der Waals surface area contributed by atoms with Crippen LogP contribution in [0.4, 0.5) is 0 Å². The van der Waals surface area contributed by atoms with Crippen molar-refractivity contribution in [3.05, 3.63) is 40.4 Å². The number of ether oxygens (including phenoxy) is 1. The summed E-state index contributed by atoms with van der Waals surface area (Å²) < 4.78 is 5.12. The normalized spacial score (nSPS) is 10.5. The van der Waals surface area contributed by atoms with E-state index in [0.29, 0.717) is 10.0 Å². The van der Waals surface area contributed by atoms with Crippen LogP contribution in [0.1, 0.15) is 0 Å². The second kappa shape index (κ2) is 3.68. The highest BCUT2D eigenvalue weighted by Crippen LogP contribution is 2.30. The molecule has 0 unspecified atom stereocenters. The van der Waals surface area contributed by atoms with Gasteiger partial charge in [0.15, 0.2) is 0 Å². The van der Waals surface area contributed by atoms with Crippen LogP contribution >= 0.6 is 23.2 Å². The van der Waals surface area contributed by atoms with Crippen molar-refractivity contribution in [3.8, 4) is 5.75 Å². The Balaban J connectivity index is 2.75. The highest BCUT2D eigenvalue weighted by Gasteiger charge is 2.02. The Kier molecular flexibility index (Phi) is 2.53. The van der Waals surface area contributed by atoms with Gasteiger partial charge in [0, 0.05) is 15.4 Å². The lowest BCUT2D eigenvalue weighted by Crippen LogP contribution is -1.82. The fourth-order valence-corrected chi connectivity index (χ4v) is 1.97. The molecular weight excluding hydrogens is 219 g/mol. The summed E-state index contributed by atoms with van der Waals surface area (Å²) in [7, 11) is 1.63. The van der Waals surface area contributed by atoms with Gasteiger partial charge in [-0.15, -0.1) is 0 Å². The van der Waals surface area contributed by atoms with E-state index < -0.39 is 0 Å². The van der Waals surface area contributed by atoms with Crippen LogP contribution in [-0.2, 0) is 0 Å². The summed E-state index contributed by atoms with van der Waals surface area (Å²) in [6.07, 6.45) is 0. The van der Waals surface area contributed by atoms with Gasteiger partial charge < -0.3 is 4.74 Å². The molecule has 0 amide bonds. The summed E-state index contributed by atoms with van der Waals surface area (Å²) in [5.41, 5.74) is 0. The van der Waals surface area contributed by atoms with Crippen molar-refractivity contribution in [3.63, 3.8) is 0 Å². The van der Waals surface area contributed by atoms with Gasteiger partial charge >= 0.3 is 0 Å². The smallest absolute Gasteiger partial charge is 0.119 e. The first-order valence-corrected chi connectivity index (χ1v) is 4.89. The second-order valence-electron chi connectivity index (χ2n) is 2.97. The summed E-state index contributed by atoms with van der Waals surface area (Å²) in [6, 6.07) is 9.31. The first kappa shape index (κ1) is 9.63. The summed E-state index contributed by atoms with van der Waals surface area (Å²) in [6.45, 7) is 0. The monoisotopic (exact) mass is 226 g/mol. The van der Waals surface area contributed by atoms with Crippen LogP contribution < -0.4 is 4.74 Å². The minimum Gasteiger partial charge on any atom is -0.497 e. The molecule has 3 heteroatoms. The SMILES string of the molecule is COc1ccc2c(Cl)cc(Cl)cc2c1. The predicted octanol–water partition coefficient (Wildman–Crippen LogP) is 4.16. The molecule has 0 aromatic heterocycles. The van der Waals surface area contributed by atoms with Gasteiger partial charge in [-0.1, -0.05) is 23.2 Å². The standard InChI is InChI=1S/C11H8Cl2O/c1-14-9-2-3-10-7(5-9)4-8(12)6-11(10)13/h2-6H,1H3. The van der Waals surface area contributed by atoms with E-state index in [2.05, 4.69) is 0 Å². The lowest BCUT2D eigenvalue weighted by Gasteiger charge is -2.04. The third-order valence-electron chi connectivity index (χ3n) is 2.07. The van der Waals surface area contributed by atoms with Crippen molar-refractivity contribution in [2.75, 3.05) is 7.11 Å². The van der Waals surface area contributed by atoms with E-state index in [4.69, 9.17) is 27.9 Å². The van der Waals surface area contributed by atoms with E-state index in [1.165, 1.54) is 0 Å². The summed E-state index contributed by atoms with van der Waals surface area (Å²) in [5.74, 6) is 0.802. The molecule has 72 valence electrons.